The molecule has 0 bridgehead atoms. The standard InChI is InChI=1S/C23H33FN4O3.C22H35FN4O2/c1-15-12-19-18(13-17(15)24)25-20(29)28(19)16-6-9-27(10-7-16)23(5)8-11-26(14-23)21(30)31-22(2,3)4;1-15-12-19(18(24)13-17(15)23)25-16-6-9-27(10-7-16)22(5)8-11-26(14-22)20(28)29-21(2,3)4/h12-13,16H,6-11,14H2,1-5H3,(H,25,29);12-13,16,25H,6-11,14,24H2,1-5H3. The minimum absolute atomic E-state index is 0.0205. The Morgan fingerprint density at radius 1 is 0.750 bits per heavy atom. The number of likely N-dealkylation sites (tertiary alicyclic amines) is 4. The summed E-state index contributed by atoms with van der Waals surface area (Å²) in [5, 5.41) is 3.49. The molecule has 2 amide bonds. The van der Waals surface area contributed by atoms with Crippen molar-refractivity contribution in [2.24, 2.45) is 0 Å². The van der Waals surface area contributed by atoms with Gasteiger partial charge in [0.05, 0.1) is 22.4 Å². The molecule has 332 valence electrons. The number of anilines is 2. The molecular formula is C45H68F2N8O5. The van der Waals surface area contributed by atoms with E-state index in [2.05, 4.69) is 33.9 Å². The number of carbonyl (C=O) groups excluding carboxylic acids is 2. The summed E-state index contributed by atoms with van der Waals surface area (Å²) >= 11 is 0. The highest BCUT2D eigenvalue weighted by molar-refractivity contribution is 5.76. The highest BCUT2D eigenvalue weighted by atomic mass is 19.1. The number of hydrogen-bond acceptors (Lipinski definition) is 9. The zero-order valence-electron chi connectivity index (χ0n) is 37.5. The largest absolute Gasteiger partial charge is 0.444 e. The Morgan fingerprint density at radius 3 is 1.72 bits per heavy atom. The number of rotatable bonds is 5. The van der Waals surface area contributed by atoms with Crippen LogP contribution in [0.15, 0.2) is 29.1 Å². The number of ether oxygens (including phenoxy) is 2. The highest BCUT2D eigenvalue weighted by Gasteiger charge is 2.44. The smallest absolute Gasteiger partial charge is 0.410 e. The number of carbonyl (C=O) groups is 2. The Hall–Kier alpha value is -4.37. The molecule has 0 aliphatic carbocycles. The first kappa shape index (κ1) is 45.2. The number of fused-ring (bicyclic) bond motifs is 1. The van der Waals surface area contributed by atoms with E-state index in [1.165, 1.54) is 12.1 Å². The molecule has 0 saturated carbocycles. The van der Waals surface area contributed by atoms with E-state index >= 15 is 0 Å². The average Bonchev–Trinajstić information content (AvgIpc) is 3.85. The number of aryl methyl sites for hydroxylation is 2. The molecule has 2 unspecified atom stereocenters. The molecule has 60 heavy (non-hydrogen) atoms. The first-order valence-electron chi connectivity index (χ1n) is 21.6. The molecule has 4 aliphatic heterocycles. The fourth-order valence-electron chi connectivity index (χ4n) is 9.25. The van der Waals surface area contributed by atoms with E-state index in [1.807, 2.05) is 46.4 Å². The number of H-pyrrole nitrogens is 1. The number of aromatic amines is 1. The van der Waals surface area contributed by atoms with E-state index in [4.69, 9.17) is 15.2 Å². The number of halogens is 2. The second-order valence-corrected chi connectivity index (χ2v) is 20.0. The maximum Gasteiger partial charge on any atom is 0.410 e. The van der Waals surface area contributed by atoms with Crippen molar-refractivity contribution >= 4 is 34.6 Å². The van der Waals surface area contributed by atoms with Crippen molar-refractivity contribution < 1.29 is 27.8 Å². The fraction of sp³-hybridized carbons (Fsp3) is 0.667. The summed E-state index contributed by atoms with van der Waals surface area (Å²) in [5.74, 6) is -0.578. The lowest BCUT2D eigenvalue weighted by molar-refractivity contribution is 0.0217. The third-order valence-electron chi connectivity index (χ3n) is 12.7. The van der Waals surface area contributed by atoms with Crippen LogP contribution in [0.2, 0.25) is 0 Å². The van der Waals surface area contributed by atoms with Crippen molar-refractivity contribution in [2.75, 3.05) is 63.4 Å². The van der Waals surface area contributed by atoms with E-state index in [0.717, 1.165) is 82.5 Å². The molecule has 3 aromatic rings. The molecule has 4 fully saturated rings. The molecule has 1 aromatic heterocycles. The number of imidazole rings is 1. The van der Waals surface area contributed by atoms with Gasteiger partial charge in [0.15, 0.2) is 0 Å². The van der Waals surface area contributed by atoms with Crippen molar-refractivity contribution in [3.8, 4) is 0 Å². The van der Waals surface area contributed by atoms with Crippen molar-refractivity contribution in [3.63, 3.8) is 0 Å². The second-order valence-electron chi connectivity index (χ2n) is 20.0. The molecule has 7 rings (SSSR count). The number of piperidine rings is 2. The third-order valence-corrected chi connectivity index (χ3v) is 12.7. The van der Waals surface area contributed by atoms with Crippen LogP contribution < -0.4 is 16.7 Å². The summed E-state index contributed by atoms with van der Waals surface area (Å²) in [6.07, 6.45) is 5.03. The summed E-state index contributed by atoms with van der Waals surface area (Å²) in [6, 6.07) is 6.72. The predicted molar refractivity (Wildman–Crippen MR) is 233 cm³/mol. The Labute approximate surface area is 353 Å². The Balaban J connectivity index is 0.000000202. The van der Waals surface area contributed by atoms with Gasteiger partial charge in [0.2, 0.25) is 0 Å². The van der Waals surface area contributed by atoms with Crippen LogP contribution in [-0.4, -0.2) is 122 Å². The number of nitrogen functional groups attached to an aromatic ring is 1. The monoisotopic (exact) mass is 839 g/mol. The zero-order valence-corrected chi connectivity index (χ0v) is 37.5. The van der Waals surface area contributed by atoms with Crippen molar-refractivity contribution in [3.05, 3.63) is 57.5 Å². The number of nitrogens with one attached hydrogen (secondary N) is 2. The minimum Gasteiger partial charge on any atom is -0.444 e. The van der Waals surface area contributed by atoms with Gasteiger partial charge in [-0.1, -0.05) is 0 Å². The number of nitrogens with zero attached hydrogens (tertiary/aromatic N) is 5. The molecule has 0 radical (unpaired) electrons. The lowest BCUT2D eigenvalue weighted by Gasteiger charge is -2.43. The van der Waals surface area contributed by atoms with Crippen LogP contribution in [0.3, 0.4) is 0 Å². The first-order chi connectivity index (χ1) is 27.9. The predicted octanol–water partition coefficient (Wildman–Crippen LogP) is 7.81. The minimum atomic E-state index is -0.498. The van der Waals surface area contributed by atoms with Crippen LogP contribution in [0, 0.1) is 25.5 Å². The topological polar surface area (TPSA) is 141 Å². The van der Waals surface area contributed by atoms with Crippen LogP contribution >= 0.6 is 0 Å². The summed E-state index contributed by atoms with van der Waals surface area (Å²) in [6.45, 7) is 25.6. The molecule has 5 heterocycles. The second kappa shape index (κ2) is 17.2. The molecule has 13 nitrogen and oxygen atoms in total. The lowest BCUT2D eigenvalue weighted by atomic mass is 9.93. The third kappa shape index (κ3) is 10.4. The fourth-order valence-corrected chi connectivity index (χ4v) is 9.25. The van der Waals surface area contributed by atoms with E-state index in [9.17, 15) is 23.2 Å². The zero-order chi connectivity index (χ0) is 43.9. The number of nitrogens with two attached hydrogens (primary N) is 1. The Bertz CT molecular complexity index is 2090. The molecule has 4 saturated heterocycles. The van der Waals surface area contributed by atoms with Gasteiger partial charge in [-0.3, -0.25) is 14.4 Å². The molecule has 15 heteroatoms. The van der Waals surface area contributed by atoms with Gasteiger partial charge in [-0.05, 0) is 143 Å². The summed E-state index contributed by atoms with van der Waals surface area (Å²) in [5.41, 5.74) is 8.44. The van der Waals surface area contributed by atoms with Crippen LogP contribution in [0.25, 0.3) is 11.0 Å². The van der Waals surface area contributed by atoms with E-state index < -0.39 is 11.2 Å². The maximum absolute atomic E-state index is 13.9. The first-order valence-corrected chi connectivity index (χ1v) is 21.6. The quantitative estimate of drug-likeness (QED) is 0.220. The van der Waals surface area contributed by atoms with Crippen LogP contribution in [0.4, 0.5) is 29.7 Å². The van der Waals surface area contributed by atoms with E-state index in [-0.39, 0.29) is 46.6 Å². The summed E-state index contributed by atoms with van der Waals surface area (Å²) in [4.78, 5) is 48.9. The molecule has 2 atom stereocenters. The maximum atomic E-state index is 13.9. The van der Waals surface area contributed by atoms with Crippen molar-refractivity contribution in [1.29, 1.82) is 0 Å². The van der Waals surface area contributed by atoms with Gasteiger partial charge in [0.1, 0.15) is 22.8 Å². The number of amides is 2. The molecule has 4 aliphatic rings. The highest BCUT2D eigenvalue weighted by Crippen LogP contribution is 2.36. The number of hydrogen-bond donors (Lipinski definition) is 3. The summed E-state index contributed by atoms with van der Waals surface area (Å²) < 4.78 is 40.4. The molecular weight excluding hydrogens is 771 g/mol. The molecule has 0 spiro atoms. The van der Waals surface area contributed by atoms with Gasteiger partial charge in [-0.15, -0.1) is 0 Å². The average molecular weight is 839 g/mol. The Morgan fingerprint density at radius 2 is 1.22 bits per heavy atom. The number of benzene rings is 2. The van der Waals surface area contributed by atoms with Crippen molar-refractivity contribution in [2.45, 2.75) is 142 Å². The van der Waals surface area contributed by atoms with Crippen molar-refractivity contribution in [1.82, 2.24) is 29.2 Å². The van der Waals surface area contributed by atoms with Crippen LogP contribution in [0.1, 0.15) is 111 Å². The van der Waals surface area contributed by atoms with Gasteiger partial charge in [-0.2, -0.15) is 0 Å². The van der Waals surface area contributed by atoms with Gasteiger partial charge in [0.25, 0.3) is 0 Å². The van der Waals surface area contributed by atoms with Gasteiger partial charge in [0, 0.05) is 75.5 Å². The van der Waals surface area contributed by atoms with E-state index in [1.54, 1.807) is 35.4 Å². The SMILES string of the molecule is Cc1cc(NC2CCN(C3(C)CCN(C(=O)OC(C)(C)C)C3)CC2)c(N)cc1F.Cc1cc2c(cc1F)[nH]c(=O)n2C1CCN(C2(C)CCN(C(=O)OC(C)(C)C)C2)CC1. The lowest BCUT2D eigenvalue weighted by Crippen LogP contribution is -2.53. The summed E-state index contributed by atoms with van der Waals surface area (Å²) in [7, 11) is 0. The van der Waals surface area contributed by atoms with Crippen LogP contribution in [0.5, 0.6) is 0 Å². The van der Waals surface area contributed by atoms with Gasteiger partial charge < -0.3 is 35.3 Å². The molecule has 2 aromatic carbocycles. The van der Waals surface area contributed by atoms with Crippen LogP contribution in [-0.2, 0) is 9.47 Å². The van der Waals surface area contributed by atoms with Gasteiger partial charge in [-0.25, -0.2) is 23.2 Å². The molecule has 4 N–H and O–H groups in total. The normalized spacial score (nSPS) is 23.8. The number of aromatic nitrogens is 2. The van der Waals surface area contributed by atoms with Gasteiger partial charge >= 0.3 is 17.9 Å². The van der Waals surface area contributed by atoms with E-state index in [0.29, 0.717) is 48.0 Å². The Kier molecular flexibility index (Phi) is 12.9.